The van der Waals surface area contributed by atoms with Crippen LogP contribution in [0.1, 0.15) is 31.2 Å². The number of rotatable bonds is 5. The molecule has 0 radical (unpaired) electrons. The van der Waals surface area contributed by atoms with Crippen molar-refractivity contribution in [3.8, 4) is 5.75 Å². The number of ether oxygens (including phenoxy) is 1. The Morgan fingerprint density at radius 3 is 2.67 bits per heavy atom. The highest BCUT2D eigenvalue weighted by atomic mass is 16.5. The van der Waals surface area contributed by atoms with Crippen LogP contribution in [0.15, 0.2) is 18.2 Å². The number of nitrogens with two attached hydrogens (primary N) is 1. The maximum Gasteiger partial charge on any atom is 0.120 e. The second-order valence-electron chi connectivity index (χ2n) is 5.41. The number of nitrogens with zero attached hydrogens (tertiary/aromatic N) is 1. The Bertz CT molecular complexity index is 386. The lowest BCUT2D eigenvalue weighted by atomic mass is 10.1. The van der Waals surface area contributed by atoms with Crippen molar-refractivity contribution in [2.45, 2.75) is 32.2 Å². The van der Waals surface area contributed by atoms with Crippen molar-refractivity contribution in [1.82, 2.24) is 4.90 Å². The maximum absolute atomic E-state index is 6.05. The molecule has 3 heteroatoms. The third kappa shape index (κ3) is 3.39. The van der Waals surface area contributed by atoms with Crippen LogP contribution in [-0.4, -0.2) is 25.6 Å². The van der Waals surface area contributed by atoms with Gasteiger partial charge in [-0.25, -0.2) is 0 Å². The van der Waals surface area contributed by atoms with Crippen molar-refractivity contribution in [2.24, 2.45) is 5.92 Å². The van der Waals surface area contributed by atoms with Gasteiger partial charge in [0.25, 0.3) is 0 Å². The van der Waals surface area contributed by atoms with Crippen molar-refractivity contribution in [1.29, 1.82) is 0 Å². The van der Waals surface area contributed by atoms with E-state index >= 15 is 0 Å². The first-order chi connectivity index (χ1) is 8.69. The molecule has 3 nitrogen and oxygen atoms in total. The molecule has 0 atom stereocenters. The van der Waals surface area contributed by atoms with Crippen LogP contribution in [0.3, 0.4) is 0 Å². The smallest absolute Gasteiger partial charge is 0.120 e. The number of hydrogen-bond acceptors (Lipinski definition) is 3. The summed E-state index contributed by atoms with van der Waals surface area (Å²) in [6.07, 6.45) is 5.59. The molecule has 2 rings (SSSR count). The summed E-state index contributed by atoms with van der Waals surface area (Å²) >= 11 is 0. The van der Waals surface area contributed by atoms with Gasteiger partial charge in [0, 0.05) is 24.8 Å². The molecule has 0 heterocycles. The van der Waals surface area contributed by atoms with Gasteiger partial charge in [-0.05, 0) is 37.4 Å². The summed E-state index contributed by atoms with van der Waals surface area (Å²) in [6.45, 7) is 2.11. The molecule has 0 saturated heterocycles. The van der Waals surface area contributed by atoms with Gasteiger partial charge in [0.15, 0.2) is 0 Å². The molecule has 0 bridgehead atoms. The third-order valence-electron chi connectivity index (χ3n) is 3.84. The fourth-order valence-electron chi connectivity index (χ4n) is 2.83. The van der Waals surface area contributed by atoms with Crippen molar-refractivity contribution >= 4 is 5.69 Å². The van der Waals surface area contributed by atoms with E-state index in [2.05, 4.69) is 18.0 Å². The fraction of sp³-hybridized carbons (Fsp3) is 0.600. The van der Waals surface area contributed by atoms with Gasteiger partial charge in [0.05, 0.1) is 7.11 Å². The summed E-state index contributed by atoms with van der Waals surface area (Å²) in [5.74, 6) is 1.71. The lowest BCUT2D eigenvalue weighted by molar-refractivity contribution is 0.271. The molecule has 0 aliphatic heterocycles. The van der Waals surface area contributed by atoms with E-state index in [0.29, 0.717) is 0 Å². The van der Waals surface area contributed by atoms with Crippen LogP contribution < -0.4 is 10.5 Å². The minimum absolute atomic E-state index is 0.827. The Balaban J connectivity index is 1.91. The number of anilines is 1. The molecular formula is C15H24N2O. The van der Waals surface area contributed by atoms with Crippen molar-refractivity contribution in [2.75, 3.05) is 26.4 Å². The molecule has 0 spiro atoms. The van der Waals surface area contributed by atoms with Crippen LogP contribution in [0.5, 0.6) is 5.75 Å². The fourth-order valence-corrected chi connectivity index (χ4v) is 2.83. The van der Waals surface area contributed by atoms with Crippen LogP contribution in [0.2, 0.25) is 0 Å². The highest BCUT2D eigenvalue weighted by molar-refractivity contribution is 5.51. The third-order valence-corrected chi connectivity index (χ3v) is 3.84. The summed E-state index contributed by atoms with van der Waals surface area (Å²) < 4.78 is 5.17. The first-order valence-corrected chi connectivity index (χ1v) is 6.80. The van der Waals surface area contributed by atoms with Gasteiger partial charge in [-0.15, -0.1) is 0 Å². The van der Waals surface area contributed by atoms with Gasteiger partial charge in [-0.1, -0.05) is 18.9 Å². The number of nitrogen functional groups attached to an aromatic ring is 1. The number of benzene rings is 1. The van der Waals surface area contributed by atoms with E-state index in [0.717, 1.165) is 23.9 Å². The van der Waals surface area contributed by atoms with Gasteiger partial charge in [0.1, 0.15) is 5.75 Å². The SMILES string of the molecule is COc1ccc(CN(C)CC2CCCC2)c(N)c1. The van der Waals surface area contributed by atoms with E-state index in [1.807, 2.05) is 12.1 Å². The highest BCUT2D eigenvalue weighted by Gasteiger charge is 2.17. The molecule has 0 amide bonds. The minimum Gasteiger partial charge on any atom is -0.497 e. The Hall–Kier alpha value is -1.22. The average Bonchev–Trinajstić information content (AvgIpc) is 2.84. The van der Waals surface area contributed by atoms with Gasteiger partial charge < -0.3 is 15.4 Å². The molecule has 1 aromatic carbocycles. The van der Waals surface area contributed by atoms with Crippen LogP contribution in [-0.2, 0) is 6.54 Å². The zero-order valence-electron chi connectivity index (χ0n) is 11.5. The second-order valence-corrected chi connectivity index (χ2v) is 5.41. The summed E-state index contributed by atoms with van der Waals surface area (Å²) in [5, 5.41) is 0. The van der Waals surface area contributed by atoms with Crippen LogP contribution in [0.4, 0.5) is 5.69 Å². The lowest BCUT2D eigenvalue weighted by Gasteiger charge is -2.21. The Labute approximate surface area is 110 Å². The van der Waals surface area contributed by atoms with Crippen molar-refractivity contribution in [3.63, 3.8) is 0 Å². The Morgan fingerprint density at radius 1 is 1.33 bits per heavy atom. The van der Waals surface area contributed by atoms with Gasteiger partial charge in [-0.3, -0.25) is 0 Å². The van der Waals surface area contributed by atoms with Crippen LogP contribution >= 0.6 is 0 Å². The minimum atomic E-state index is 0.827. The molecule has 1 aromatic rings. The molecule has 100 valence electrons. The zero-order chi connectivity index (χ0) is 13.0. The van der Waals surface area contributed by atoms with Crippen LogP contribution in [0, 0.1) is 5.92 Å². The van der Waals surface area contributed by atoms with E-state index in [-0.39, 0.29) is 0 Å². The maximum atomic E-state index is 6.05. The molecular weight excluding hydrogens is 224 g/mol. The summed E-state index contributed by atoms with van der Waals surface area (Å²) in [5.41, 5.74) is 8.06. The topological polar surface area (TPSA) is 38.5 Å². The predicted octanol–water partition coefficient (Wildman–Crippen LogP) is 2.90. The molecule has 0 aromatic heterocycles. The largest absolute Gasteiger partial charge is 0.497 e. The second kappa shape index (κ2) is 6.10. The first-order valence-electron chi connectivity index (χ1n) is 6.80. The van der Waals surface area contributed by atoms with Crippen molar-refractivity contribution < 1.29 is 4.74 Å². The number of methoxy groups -OCH3 is 1. The Kier molecular flexibility index (Phi) is 4.48. The highest BCUT2D eigenvalue weighted by Crippen LogP contribution is 2.26. The average molecular weight is 248 g/mol. The number of hydrogen-bond donors (Lipinski definition) is 1. The van der Waals surface area contributed by atoms with Crippen molar-refractivity contribution in [3.05, 3.63) is 23.8 Å². The molecule has 1 fully saturated rings. The lowest BCUT2D eigenvalue weighted by Crippen LogP contribution is -2.24. The molecule has 1 saturated carbocycles. The normalized spacial score (nSPS) is 16.4. The van der Waals surface area contributed by atoms with Gasteiger partial charge >= 0.3 is 0 Å². The molecule has 1 aliphatic carbocycles. The summed E-state index contributed by atoms with van der Waals surface area (Å²) in [6, 6.07) is 5.95. The standard InChI is InChI=1S/C15H24N2O/c1-17(10-12-5-3-4-6-12)11-13-7-8-14(18-2)9-15(13)16/h7-9,12H,3-6,10-11,16H2,1-2H3. The van der Waals surface area contributed by atoms with Gasteiger partial charge in [0.2, 0.25) is 0 Å². The van der Waals surface area contributed by atoms with Crippen LogP contribution in [0.25, 0.3) is 0 Å². The van der Waals surface area contributed by atoms with E-state index in [4.69, 9.17) is 10.5 Å². The quantitative estimate of drug-likeness (QED) is 0.814. The Morgan fingerprint density at radius 2 is 2.06 bits per heavy atom. The molecule has 0 unspecified atom stereocenters. The van der Waals surface area contributed by atoms with Gasteiger partial charge in [-0.2, -0.15) is 0 Å². The predicted molar refractivity (Wildman–Crippen MR) is 75.7 cm³/mol. The molecule has 18 heavy (non-hydrogen) atoms. The van der Waals surface area contributed by atoms with E-state index in [9.17, 15) is 0 Å². The van der Waals surface area contributed by atoms with E-state index in [1.54, 1.807) is 7.11 Å². The monoisotopic (exact) mass is 248 g/mol. The van der Waals surface area contributed by atoms with E-state index < -0.39 is 0 Å². The summed E-state index contributed by atoms with van der Waals surface area (Å²) in [7, 11) is 3.85. The molecule has 1 aliphatic rings. The summed E-state index contributed by atoms with van der Waals surface area (Å²) in [4.78, 5) is 2.38. The van der Waals surface area contributed by atoms with E-state index in [1.165, 1.54) is 37.8 Å². The zero-order valence-corrected chi connectivity index (χ0v) is 11.5. The first kappa shape index (κ1) is 13.2. The molecule has 2 N–H and O–H groups in total.